The number of hydrogen-bond acceptors (Lipinski definition) is 6. The van der Waals surface area contributed by atoms with Crippen LogP contribution in [0.25, 0.3) is 0 Å². The number of methoxy groups -OCH3 is 1. The SMILES string of the molecule is CO[C@@H]1CN(Cc2nc(C)ccc2O)C[C@H]1c1cn(C)nn1. The molecule has 0 amide bonds. The van der Waals surface area contributed by atoms with E-state index in [1.807, 2.05) is 26.2 Å². The number of aromatic nitrogens is 4. The van der Waals surface area contributed by atoms with Crippen LogP contribution in [0.15, 0.2) is 18.3 Å². The van der Waals surface area contributed by atoms with Gasteiger partial charge in [0.2, 0.25) is 0 Å². The van der Waals surface area contributed by atoms with Crippen LogP contribution in [0, 0.1) is 6.92 Å². The fourth-order valence-electron chi connectivity index (χ4n) is 2.97. The maximum Gasteiger partial charge on any atom is 0.138 e. The standard InChI is InChI=1S/C15H21N5O2/c1-10-4-5-14(21)13(16-10)8-20-6-11(15(9-20)22-3)12-7-19(2)18-17-12/h4-5,7,11,15,21H,6,8-9H2,1-3H3/t11-,15+/m0/s1. The van der Waals surface area contributed by atoms with E-state index in [4.69, 9.17) is 4.74 Å². The van der Waals surface area contributed by atoms with E-state index in [9.17, 15) is 5.11 Å². The molecule has 2 aromatic heterocycles. The minimum absolute atomic E-state index is 0.0728. The molecule has 0 spiro atoms. The Morgan fingerprint density at radius 3 is 2.86 bits per heavy atom. The van der Waals surface area contributed by atoms with E-state index in [2.05, 4.69) is 20.2 Å². The molecule has 1 saturated heterocycles. The minimum Gasteiger partial charge on any atom is -0.506 e. The first-order valence-corrected chi connectivity index (χ1v) is 7.33. The Labute approximate surface area is 129 Å². The average molecular weight is 303 g/mol. The molecule has 118 valence electrons. The Morgan fingerprint density at radius 1 is 1.36 bits per heavy atom. The zero-order valence-electron chi connectivity index (χ0n) is 13.1. The second-order valence-corrected chi connectivity index (χ2v) is 5.81. The van der Waals surface area contributed by atoms with Crippen LogP contribution in [0.4, 0.5) is 0 Å². The Bertz CT molecular complexity index is 657. The number of aryl methyl sites for hydroxylation is 2. The molecule has 22 heavy (non-hydrogen) atoms. The third-order valence-electron chi connectivity index (χ3n) is 4.11. The third kappa shape index (κ3) is 2.95. The van der Waals surface area contributed by atoms with Gasteiger partial charge >= 0.3 is 0 Å². The van der Waals surface area contributed by atoms with Gasteiger partial charge in [-0.25, -0.2) is 0 Å². The molecule has 0 aromatic carbocycles. The number of aromatic hydroxyl groups is 1. The lowest BCUT2D eigenvalue weighted by atomic mass is 10.0. The number of pyridine rings is 1. The monoisotopic (exact) mass is 303 g/mol. The molecule has 0 bridgehead atoms. The van der Waals surface area contributed by atoms with Gasteiger partial charge in [-0.3, -0.25) is 14.6 Å². The van der Waals surface area contributed by atoms with E-state index in [-0.39, 0.29) is 17.8 Å². The van der Waals surface area contributed by atoms with Gasteiger partial charge in [0, 0.05) is 51.6 Å². The van der Waals surface area contributed by atoms with Gasteiger partial charge in [-0.15, -0.1) is 5.10 Å². The smallest absolute Gasteiger partial charge is 0.138 e. The fourth-order valence-corrected chi connectivity index (χ4v) is 2.97. The van der Waals surface area contributed by atoms with Crippen molar-refractivity contribution in [1.29, 1.82) is 0 Å². The summed E-state index contributed by atoms with van der Waals surface area (Å²) < 4.78 is 7.31. The predicted molar refractivity (Wildman–Crippen MR) is 80.5 cm³/mol. The summed E-state index contributed by atoms with van der Waals surface area (Å²) in [6.07, 6.45) is 2.01. The van der Waals surface area contributed by atoms with Crippen LogP contribution in [0.2, 0.25) is 0 Å². The van der Waals surface area contributed by atoms with E-state index in [0.717, 1.165) is 24.5 Å². The number of nitrogens with zero attached hydrogens (tertiary/aromatic N) is 5. The fraction of sp³-hybridized carbons (Fsp3) is 0.533. The Morgan fingerprint density at radius 2 is 2.18 bits per heavy atom. The molecule has 2 aromatic rings. The van der Waals surface area contributed by atoms with Crippen molar-refractivity contribution in [3.8, 4) is 5.75 Å². The van der Waals surface area contributed by atoms with Crippen molar-refractivity contribution in [3.63, 3.8) is 0 Å². The molecule has 1 fully saturated rings. The van der Waals surface area contributed by atoms with Gasteiger partial charge in [-0.2, -0.15) is 0 Å². The van der Waals surface area contributed by atoms with Crippen molar-refractivity contribution in [2.24, 2.45) is 7.05 Å². The molecule has 0 aliphatic carbocycles. The van der Waals surface area contributed by atoms with E-state index in [1.165, 1.54) is 0 Å². The molecule has 1 aliphatic heterocycles. The van der Waals surface area contributed by atoms with Gasteiger partial charge in [0.1, 0.15) is 5.75 Å². The maximum absolute atomic E-state index is 9.96. The average Bonchev–Trinajstić information content (AvgIpc) is 3.09. The minimum atomic E-state index is 0.0728. The van der Waals surface area contributed by atoms with Crippen molar-refractivity contribution < 1.29 is 9.84 Å². The van der Waals surface area contributed by atoms with Gasteiger partial charge < -0.3 is 9.84 Å². The van der Waals surface area contributed by atoms with Gasteiger partial charge in [0.25, 0.3) is 0 Å². The molecule has 1 N–H and O–H groups in total. The number of likely N-dealkylation sites (tertiary alicyclic amines) is 1. The van der Waals surface area contributed by atoms with Crippen LogP contribution in [0.5, 0.6) is 5.75 Å². The van der Waals surface area contributed by atoms with Crippen LogP contribution < -0.4 is 0 Å². The second kappa shape index (κ2) is 6.02. The Kier molecular flexibility index (Phi) is 4.08. The maximum atomic E-state index is 9.96. The van der Waals surface area contributed by atoms with E-state index in [0.29, 0.717) is 12.2 Å². The largest absolute Gasteiger partial charge is 0.506 e. The zero-order valence-corrected chi connectivity index (χ0v) is 13.1. The van der Waals surface area contributed by atoms with Crippen molar-refractivity contribution in [2.75, 3.05) is 20.2 Å². The van der Waals surface area contributed by atoms with Crippen molar-refractivity contribution in [1.82, 2.24) is 24.9 Å². The molecule has 3 rings (SSSR count). The number of hydrogen-bond donors (Lipinski definition) is 1. The molecule has 1 aliphatic rings. The summed E-state index contributed by atoms with van der Waals surface area (Å²) in [7, 11) is 3.58. The lowest BCUT2D eigenvalue weighted by Crippen LogP contribution is -2.23. The van der Waals surface area contributed by atoms with Gasteiger partial charge in [0.05, 0.1) is 17.5 Å². The van der Waals surface area contributed by atoms with Crippen molar-refractivity contribution in [2.45, 2.75) is 25.5 Å². The molecule has 7 nitrogen and oxygen atoms in total. The highest BCUT2D eigenvalue weighted by molar-refractivity contribution is 5.27. The summed E-state index contributed by atoms with van der Waals surface area (Å²) in [5.41, 5.74) is 2.55. The lowest BCUT2D eigenvalue weighted by Gasteiger charge is -2.15. The molecular formula is C15H21N5O2. The van der Waals surface area contributed by atoms with Crippen LogP contribution in [0.1, 0.15) is 23.0 Å². The molecular weight excluding hydrogens is 282 g/mol. The summed E-state index contributed by atoms with van der Waals surface area (Å²) in [5, 5.41) is 18.2. The normalized spacial score (nSPS) is 22.3. The second-order valence-electron chi connectivity index (χ2n) is 5.81. The van der Waals surface area contributed by atoms with Crippen LogP contribution in [0.3, 0.4) is 0 Å². The third-order valence-corrected chi connectivity index (χ3v) is 4.11. The van der Waals surface area contributed by atoms with Crippen molar-refractivity contribution in [3.05, 3.63) is 35.4 Å². The molecule has 3 heterocycles. The molecule has 0 radical (unpaired) electrons. The van der Waals surface area contributed by atoms with Crippen molar-refractivity contribution >= 4 is 0 Å². The zero-order chi connectivity index (χ0) is 15.7. The first-order chi connectivity index (χ1) is 10.6. The first kappa shape index (κ1) is 14.9. The molecule has 7 heteroatoms. The number of ether oxygens (including phenoxy) is 1. The number of rotatable bonds is 4. The molecule has 0 unspecified atom stereocenters. The summed E-state index contributed by atoms with van der Waals surface area (Å²) >= 11 is 0. The molecule has 0 saturated carbocycles. The van der Waals surface area contributed by atoms with Crippen LogP contribution in [-0.2, 0) is 18.3 Å². The van der Waals surface area contributed by atoms with Crippen LogP contribution >= 0.6 is 0 Å². The first-order valence-electron chi connectivity index (χ1n) is 7.33. The Balaban J connectivity index is 1.75. The topological polar surface area (TPSA) is 76.3 Å². The van der Waals surface area contributed by atoms with Gasteiger partial charge in [0.15, 0.2) is 0 Å². The lowest BCUT2D eigenvalue weighted by molar-refractivity contribution is 0.0955. The summed E-state index contributed by atoms with van der Waals surface area (Å²) in [6, 6.07) is 3.50. The quantitative estimate of drug-likeness (QED) is 0.902. The highest BCUT2D eigenvalue weighted by Gasteiger charge is 2.36. The van der Waals surface area contributed by atoms with E-state index in [1.54, 1.807) is 17.9 Å². The highest BCUT2D eigenvalue weighted by atomic mass is 16.5. The van der Waals surface area contributed by atoms with E-state index < -0.39 is 0 Å². The highest BCUT2D eigenvalue weighted by Crippen LogP contribution is 2.30. The summed E-state index contributed by atoms with van der Waals surface area (Å²) in [5.74, 6) is 0.424. The van der Waals surface area contributed by atoms with Gasteiger partial charge in [-0.1, -0.05) is 5.21 Å². The van der Waals surface area contributed by atoms with E-state index >= 15 is 0 Å². The predicted octanol–water partition coefficient (Wildman–Crippen LogP) is 0.839. The molecule has 2 atom stereocenters. The Hall–Kier alpha value is -1.99. The van der Waals surface area contributed by atoms with Gasteiger partial charge in [-0.05, 0) is 19.1 Å². The summed E-state index contributed by atoms with van der Waals surface area (Å²) in [4.78, 5) is 6.66. The van der Waals surface area contributed by atoms with Crippen LogP contribution in [-0.4, -0.2) is 56.3 Å². The summed E-state index contributed by atoms with van der Waals surface area (Å²) in [6.45, 7) is 4.12.